The standard InChI is InChI=1S/C14H19NO3/c1-8-2-5-11(18-8)7-15-13-10-4-3-9(6-10)12(13)14(16)17/h2,5,9-10,12-13,15H,3-4,6-7H2,1H3,(H,16,17). The van der Waals surface area contributed by atoms with Gasteiger partial charge in [-0.05, 0) is 50.2 Å². The first-order valence-corrected chi connectivity index (χ1v) is 6.66. The Morgan fingerprint density at radius 1 is 1.44 bits per heavy atom. The molecular formula is C14H19NO3. The van der Waals surface area contributed by atoms with Crippen molar-refractivity contribution in [3.05, 3.63) is 23.7 Å². The summed E-state index contributed by atoms with van der Waals surface area (Å²) in [7, 11) is 0. The third-order valence-electron chi connectivity index (χ3n) is 4.51. The summed E-state index contributed by atoms with van der Waals surface area (Å²) in [6.45, 7) is 2.55. The Kier molecular flexibility index (Phi) is 2.90. The highest BCUT2D eigenvalue weighted by Crippen LogP contribution is 2.48. The topological polar surface area (TPSA) is 62.5 Å². The Balaban J connectivity index is 1.66. The van der Waals surface area contributed by atoms with Crippen LogP contribution in [0.2, 0.25) is 0 Å². The summed E-state index contributed by atoms with van der Waals surface area (Å²) in [5.74, 6) is 1.85. The van der Waals surface area contributed by atoms with E-state index in [9.17, 15) is 9.90 Å². The van der Waals surface area contributed by atoms with Gasteiger partial charge >= 0.3 is 5.97 Å². The summed E-state index contributed by atoms with van der Waals surface area (Å²) in [4.78, 5) is 11.4. The average Bonchev–Trinajstić information content (AvgIpc) is 3.00. The SMILES string of the molecule is Cc1ccc(CNC2C3CCC(C3)C2C(=O)O)o1. The second-order valence-corrected chi connectivity index (χ2v) is 5.62. The summed E-state index contributed by atoms with van der Waals surface area (Å²) in [5, 5.41) is 12.7. The highest BCUT2D eigenvalue weighted by atomic mass is 16.4. The van der Waals surface area contributed by atoms with Crippen molar-refractivity contribution in [2.24, 2.45) is 17.8 Å². The van der Waals surface area contributed by atoms with Crippen molar-refractivity contribution in [3.8, 4) is 0 Å². The summed E-state index contributed by atoms with van der Waals surface area (Å²) in [5.41, 5.74) is 0. The number of aliphatic carboxylic acids is 1. The van der Waals surface area contributed by atoms with Crippen LogP contribution < -0.4 is 5.32 Å². The monoisotopic (exact) mass is 249 g/mol. The van der Waals surface area contributed by atoms with Crippen LogP contribution in [0.1, 0.15) is 30.8 Å². The van der Waals surface area contributed by atoms with Crippen LogP contribution in [0.5, 0.6) is 0 Å². The van der Waals surface area contributed by atoms with Crippen molar-refractivity contribution in [1.82, 2.24) is 5.32 Å². The van der Waals surface area contributed by atoms with Gasteiger partial charge in [0.1, 0.15) is 11.5 Å². The van der Waals surface area contributed by atoms with Crippen LogP contribution >= 0.6 is 0 Å². The lowest BCUT2D eigenvalue weighted by atomic mass is 9.84. The van der Waals surface area contributed by atoms with E-state index >= 15 is 0 Å². The molecule has 1 aromatic heterocycles. The van der Waals surface area contributed by atoms with Gasteiger partial charge in [-0.3, -0.25) is 4.79 Å². The Labute approximate surface area is 106 Å². The summed E-state index contributed by atoms with van der Waals surface area (Å²) < 4.78 is 5.51. The lowest BCUT2D eigenvalue weighted by molar-refractivity contribution is -0.144. The fourth-order valence-electron chi connectivity index (χ4n) is 3.74. The maximum absolute atomic E-state index is 11.4. The van der Waals surface area contributed by atoms with Gasteiger partial charge in [0.05, 0.1) is 12.5 Å². The van der Waals surface area contributed by atoms with Gasteiger partial charge in [-0.15, -0.1) is 0 Å². The normalized spacial score (nSPS) is 34.1. The molecule has 0 aromatic carbocycles. The molecule has 4 atom stereocenters. The average molecular weight is 249 g/mol. The lowest BCUT2D eigenvalue weighted by Crippen LogP contribution is -2.43. The van der Waals surface area contributed by atoms with Crippen molar-refractivity contribution in [1.29, 1.82) is 0 Å². The molecule has 3 rings (SSSR count). The molecule has 2 aliphatic carbocycles. The molecule has 0 saturated heterocycles. The van der Waals surface area contributed by atoms with Crippen molar-refractivity contribution >= 4 is 5.97 Å². The van der Waals surface area contributed by atoms with Gasteiger partial charge in [0.2, 0.25) is 0 Å². The zero-order valence-corrected chi connectivity index (χ0v) is 10.6. The molecule has 0 aliphatic heterocycles. The van der Waals surface area contributed by atoms with Crippen LogP contribution in [0.25, 0.3) is 0 Å². The predicted molar refractivity (Wildman–Crippen MR) is 66.0 cm³/mol. The first-order chi connectivity index (χ1) is 8.65. The van der Waals surface area contributed by atoms with Gasteiger partial charge in [0.15, 0.2) is 0 Å². The molecular weight excluding hydrogens is 230 g/mol. The molecule has 2 aliphatic rings. The highest BCUT2D eigenvalue weighted by molar-refractivity contribution is 5.72. The molecule has 1 aromatic rings. The number of aryl methyl sites for hydroxylation is 1. The van der Waals surface area contributed by atoms with E-state index in [2.05, 4.69) is 5.32 Å². The third-order valence-corrected chi connectivity index (χ3v) is 4.51. The Hall–Kier alpha value is -1.29. The highest BCUT2D eigenvalue weighted by Gasteiger charge is 2.50. The van der Waals surface area contributed by atoms with Crippen LogP contribution in [0.4, 0.5) is 0 Å². The van der Waals surface area contributed by atoms with Crippen LogP contribution in [0, 0.1) is 24.7 Å². The van der Waals surface area contributed by atoms with E-state index in [0.717, 1.165) is 24.4 Å². The third kappa shape index (κ3) is 1.94. The number of rotatable bonds is 4. The molecule has 2 fully saturated rings. The number of carboxylic acids is 1. The van der Waals surface area contributed by atoms with Gasteiger partial charge < -0.3 is 14.8 Å². The molecule has 4 nitrogen and oxygen atoms in total. The first kappa shape index (κ1) is 11.8. The fourth-order valence-corrected chi connectivity index (χ4v) is 3.74. The first-order valence-electron chi connectivity index (χ1n) is 6.66. The van der Waals surface area contributed by atoms with Crippen LogP contribution in [-0.4, -0.2) is 17.1 Å². The molecule has 4 unspecified atom stereocenters. The molecule has 2 N–H and O–H groups in total. The van der Waals surface area contributed by atoms with E-state index < -0.39 is 5.97 Å². The Morgan fingerprint density at radius 3 is 2.89 bits per heavy atom. The second-order valence-electron chi connectivity index (χ2n) is 5.62. The van der Waals surface area contributed by atoms with E-state index in [1.165, 1.54) is 6.42 Å². The van der Waals surface area contributed by atoms with E-state index in [0.29, 0.717) is 18.4 Å². The number of hydrogen-bond donors (Lipinski definition) is 2. The predicted octanol–water partition coefficient (Wildman–Crippen LogP) is 2.18. The zero-order chi connectivity index (χ0) is 12.7. The van der Waals surface area contributed by atoms with Gasteiger partial charge in [-0.1, -0.05) is 0 Å². The number of carbonyl (C=O) groups is 1. The minimum Gasteiger partial charge on any atom is -0.481 e. The van der Waals surface area contributed by atoms with Gasteiger partial charge in [-0.2, -0.15) is 0 Å². The van der Waals surface area contributed by atoms with E-state index in [-0.39, 0.29) is 12.0 Å². The molecule has 0 spiro atoms. The molecule has 2 saturated carbocycles. The molecule has 1 heterocycles. The van der Waals surface area contributed by atoms with Crippen LogP contribution in [0.15, 0.2) is 16.5 Å². The summed E-state index contributed by atoms with van der Waals surface area (Å²) >= 11 is 0. The number of furan rings is 1. The number of hydrogen-bond acceptors (Lipinski definition) is 3. The maximum atomic E-state index is 11.4. The number of fused-ring (bicyclic) bond motifs is 2. The smallest absolute Gasteiger partial charge is 0.308 e. The molecule has 2 bridgehead atoms. The lowest BCUT2D eigenvalue weighted by Gasteiger charge is -2.28. The zero-order valence-electron chi connectivity index (χ0n) is 10.6. The van der Waals surface area contributed by atoms with E-state index in [4.69, 9.17) is 4.42 Å². The molecule has 0 amide bonds. The van der Waals surface area contributed by atoms with Crippen LogP contribution in [-0.2, 0) is 11.3 Å². The molecule has 4 heteroatoms. The van der Waals surface area contributed by atoms with Crippen molar-refractivity contribution in [2.75, 3.05) is 0 Å². The Morgan fingerprint density at radius 2 is 2.22 bits per heavy atom. The summed E-state index contributed by atoms with van der Waals surface area (Å²) in [6.07, 6.45) is 3.33. The largest absolute Gasteiger partial charge is 0.481 e. The minimum atomic E-state index is -0.643. The summed E-state index contributed by atoms with van der Waals surface area (Å²) in [6, 6.07) is 4.00. The quantitative estimate of drug-likeness (QED) is 0.858. The van der Waals surface area contributed by atoms with Gasteiger partial charge in [-0.25, -0.2) is 0 Å². The number of nitrogens with one attached hydrogen (secondary N) is 1. The van der Waals surface area contributed by atoms with Crippen molar-refractivity contribution < 1.29 is 14.3 Å². The van der Waals surface area contributed by atoms with Crippen molar-refractivity contribution in [2.45, 2.75) is 38.8 Å². The molecule has 98 valence electrons. The van der Waals surface area contributed by atoms with Crippen molar-refractivity contribution in [3.63, 3.8) is 0 Å². The Bertz CT molecular complexity index is 454. The van der Waals surface area contributed by atoms with E-state index in [1.807, 2.05) is 19.1 Å². The second kappa shape index (κ2) is 4.43. The van der Waals surface area contributed by atoms with Gasteiger partial charge in [0.25, 0.3) is 0 Å². The van der Waals surface area contributed by atoms with Crippen LogP contribution in [0.3, 0.4) is 0 Å². The maximum Gasteiger partial charge on any atom is 0.308 e. The fraction of sp³-hybridized carbons (Fsp3) is 0.643. The molecule has 18 heavy (non-hydrogen) atoms. The minimum absolute atomic E-state index is 0.117. The van der Waals surface area contributed by atoms with Gasteiger partial charge in [0, 0.05) is 6.04 Å². The number of carboxylic acid groups (broad SMARTS) is 1. The van der Waals surface area contributed by atoms with E-state index in [1.54, 1.807) is 0 Å². The molecule has 0 radical (unpaired) electrons.